The molecule has 1 aromatic carbocycles. The molecule has 11 nitrogen and oxygen atoms in total. The minimum atomic E-state index is -0.923. The monoisotopic (exact) mass is 702 g/mol. The maximum Gasteiger partial charge on any atom is 0.425 e. The number of carbonyl (C=O) groups is 2. The number of halogens is 1. The van der Waals surface area contributed by atoms with Crippen molar-refractivity contribution in [1.82, 2.24) is 24.3 Å². The van der Waals surface area contributed by atoms with Crippen LogP contribution in [0.2, 0.25) is 0 Å². The van der Waals surface area contributed by atoms with Crippen LogP contribution in [-0.4, -0.2) is 75.0 Å². The Kier molecular flexibility index (Phi) is 9.68. The van der Waals surface area contributed by atoms with Gasteiger partial charge in [0.2, 0.25) is 0 Å². The third-order valence-corrected chi connectivity index (χ3v) is 9.31. The molecule has 1 aliphatic rings. The molecule has 0 unspecified atom stereocenters. The van der Waals surface area contributed by atoms with Gasteiger partial charge in [-0.15, -0.1) is 11.3 Å². The zero-order valence-electron chi connectivity index (χ0n) is 29.7. The number of imide groups is 1. The van der Waals surface area contributed by atoms with Crippen molar-refractivity contribution in [3.05, 3.63) is 65.3 Å². The fraction of sp³-hybridized carbons (Fsp3) is 0.432. The minimum absolute atomic E-state index is 0.0451. The number of aromatic nitrogens is 4. The molecule has 0 atom stereocenters. The summed E-state index contributed by atoms with van der Waals surface area (Å²) in [7, 11) is 4.05. The molecule has 0 bridgehead atoms. The number of pyridine rings is 2. The largest absolute Gasteiger partial charge is 0.443 e. The summed E-state index contributed by atoms with van der Waals surface area (Å²) in [6, 6.07) is 8.43. The quantitative estimate of drug-likeness (QED) is 0.172. The summed E-state index contributed by atoms with van der Waals surface area (Å²) >= 11 is 1.64. The predicted octanol–water partition coefficient (Wildman–Crippen LogP) is 8.44. The van der Waals surface area contributed by atoms with E-state index in [4.69, 9.17) is 24.2 Å². The maximum absolute atomic E-state index is 14.0. The molecule has 0 radical (unpaired) electrons. The van der Waals surface area contributed by atoms with Crippen LogP contribution in [0.15, 0.2) is 48.9 Å². The van der Waals surface area contributed by atoms with Crippen LogP contribution in [0.4, 0.5) is 19.8 Å². The number of imidazole rings is 1. The highest BCUT2D eigenvalue weighted by Crippen LogP contribution is 2.42. The molecular formula is C37H43FN6O5S. The lowest BCUT2D eigenvalue weighted by Crippen LogP contribution is -2.44. The van der Waals surface area contributed by atoms with Gasteiger partial charge >= 0.3 is 12.2 Å². The van der Waals surface area contributed by atoms with Gasteiger partial charge in [-0.2, -0.15) is 4.90 Å². The fourth-order valence-corrected chi connectivity index (χ4v) is 7.21. The fourth-order valence-electron chi connectivity index (χ4n) is 5.94. The van der Waals surface area contributed by atoms with Gasteiger partial charge in [-0.05, 0) is 91.9 Å². The second kappa shape index (κ2) is 13.7. The number of carbonyl (C=O) groups excluding carboxylic acids is 2. The number of fused-ring (bicyclic) bond motifs is 2. The van der Waals surface area contributed by atoms with E-state index in [1.807, 2.05) is 32.3 Å². The number of rotatable bonds is 6. The van der Waals surface area contributed by atoms with Crippen LogP contribution in [0.3, 0.4) is 0 Å². The molecule has 5 aromatic rings. The number of anilines is 1. The number of benzene rings is 1. The van der Waals surface area contributed by atoms with Gasteiger partial charge in [0.05, 0.1) is 17.6 Å². The van der Waals surface area contributed by atoms with Gasteiger partial charge in [-0.25, -0.2) is 28.9 Å². The standard InChI is InChI=1S/C37H43FN6O5S/c1-36(2,3)48-34(45)44(35(46)49-37(4,5)6)32-26-17-23(29-20-39-30-18-24(38)11-14-43(29)30)9-10-25(26)27(19-40-32)33-41-28(21-42(7)8)31(50-33)22-12-15-47-16-13-22/h9-11,14,17-20,22H,12-13,15-16,21H2,1-8H3. The molecule has 0 N–H and O–H groups in total. The summed E-state index contributed by atoms with van der Waals surface area (Å²) in [5, 5.41) is 2.00. The molecule has 264 valence electrons. The molecule has 5 heterocycles. The van der Waals surface area contributed by atoms with Crippen LogP contribution in [0, 0.1) is 5.82 Å². The van der Waals surface area contributed by atoms with Crippen molar-refractivity contribution in [2.75, 3.05) is 32.2 Å². The van der Waals surface area contributed by atoms with E-state index in [1.165, 1.54) is 17.0 Å². The van der Waals surface area contributed by atoms with Gasteiger partial charge in [-0.3, -0.25) is 4.40 Å². The maximum atomic E-state index is 14.0. The first-order valence-corrected chi connectivity index (χ1v) is 17.4. The highest BCUT2D eigenvalue weighted by molar-refractivity contribution is 7.15. The number of amides is 2. The number of nitrogens with zero attached hydrogens (tertiary/aromatic N) is 6. The smallest absolute Gasteiger partial charge is 0.425 e. The van der Waals surface area contributed by atoms with E-state index < -0.39 is 29.2 Å². The second-order valence-corrected chi connectivity index (χ2v) is 15.8. The van der Waals surface area contributed by atoms with E-state index in [1.54, 1.807) is 75.9 Å². The predicted molar refractivity (Wildman–Crippen MR) is 192 cm³/mol. The molecule has 0 saturated carbocycles. The number of hydrogen-bond donors (Lipinski definition) is 0. The first-order chi connectivity index (χ1) is 23.6. The van der Waals surface area contributed by atoms with Gasteiger partial charge in [0.25, 0.3) is 0 Å². The molecule has 2 amide bonds. The minimum Gasteiger partial charge on any atom is -0.443 e. The summed E-state index contributed by atoms with van der Waals surface area (Å²) in [6.07, 6.45) is 4.92. The van der Waals surface area contributed by atoms with Crippen LogP contribution in [0.25, 0.3) is 38.2 Å². The number of thiazole rings is 1. The van der Waals surface area contributed by atoms with Crippen LogP contribution in [0.1, 0.15) is 70.9 Å². The molecule has 6 rings (SSSR count). The lowest BCUT2D eigenvalue weighted by atomic mass is 9.97. The molecule has 4 aromatic heterocycles. The average Bonchev–Trinajstić information content (AvgIpc) is 3.63. The molecule has 13 heteroatoms. The van der Waals surface area contributed by atoms with E-state index in [-0.39, 0.29) is 5.82 Å². The highest BCUT2D eigenvalue weighted by atomic mass is 32.1. The van der Waals surface area contributed by atoms with Crippen molar-refractivity contribution >= 4 is 45.8 Å². The van der Waals surface area contributed by atoms with Crippen molar-refractivity contribution in [3.8, 4) is 21.8 Å². The molecule has 1 fully saturated rings. The SMILES string of the molecule is CN(C)Cc1nc(-c2cnc(N(C(=O)OC(C)(C)C)C(=O)OC(C)(C)C)c3cc(-c4cnc5cc(F)ccn45)ccc23)sc1C1CCOCC1. The molecular weight excluding hydrogens is 660 g/mol. The first-order valence-electron chi connectivity index (χ1n) is 16.6. The molecule has 1 aliphatic heterocycles. The van der Waals surface area contributed by atoms with E-state index in [2.05, 4.69) is 9.88 Å². The highest BCUT2D eigenvalue weighted by Gasteiger charge is 2.35. The average molecular weight is 703 g/mol. The second-order valence-electron chi connectivity index (χ2n) is 14.7. The van der Waals surface area contributed by atoms with Gasteiger partial charge in [0.15, 0.2) is 5.82 Å². The Balaban J connectivity index is 1.58. The number of hydrogen-bond acceptors (Lipinski definition) is 10. The summed E-state index contributed by atoms with van der Waals surface area (Å²) in [5.41, 5.74) is 1.78. The lowest BCUT2D eigenvalue weighted by molar-refractivity contribution is 0.0429. The van der Waals surface area contributed by atoms with E-state index in [0.717, 1.165) is 39.4 Å². The third kappa shape index (κ3) is 7.64. The zero-order valence-corrected chi connectivity index (χ0v) is 30.6. The Morgan fingerprint density at radius 2 is 1.64 bits per heavy atom. The Morgan fingerprint density at radius 1 is 0.960 bits per heavy atom. The van der Waals surface area contributed by atoms with Gasteiger partial charge in [0.1, 0.15) is 27.7 Å². The van der Waals surface area contributed by atoms with Gasteiger partial charge in [0, 0.05) is 59.6 Å². The number of ether oxygens (including phenoxy) is 3. The Bertz CT molecular complexity index is 2030. The Morgan fingerprint density at radius 3 is 2.28 bits per heavy atom. The topological polar surface area (TPSA) is 111 Å². The van der Waals surface area contributed by atoms with Crippen LogP contribution >= 0.6 is 11.3 Å². The van der Waals surface area contributed by atoms with Crippen LogP contribution in [-0.2, 0) is 20.8 Å². The molecule has 0 spiro atoms. The van der Waals surface area contributed by atoms with Crippen molar-refractivity contribution in [2.24, 2.45) is 0 Å². The van der Waals surface area contributed by atoms with E-state index in [0.29, 0.717) is 48.0 Å². The zero-order chi connectivity index (χ0) is 36.0. The van der Waals surface area contributed by atoms with Crippen molar-refractivity contribution < 1.29 is 28.2 Å². The Labute approximate surface area is 295 Å². The summed E-state index contributed by atoms with van der Waals surface area (Å²) in [4.78, 5) is 46.2. The van der Waals surface area contributed by atoms with Gasteiger partial charge < -0.3 is 19.1 Å². The molecule has 50 heavy (non-hydrogen) atoms. The van der Waals surface area contributed by atoms with Gasteiger partial charge in [-0.1, -0.05) is 12.1 Å². The lowest BCUT2D eigenvalue weighted by Gasteiger charge is -2.28. The summed E-state index contributed by atoms with van der Waals surface area (Å²) < 4.78 is 32.9. The van der Waals surface area contributed by atoms with Crippen molar-refractivity contribution in [2.45, 2.75) is 78.0 Å². The van der Waals surface area contributed by atoms with E-state index >= 15 is 0 Å². The van der Waals surface area contributed by atoms with Crippen LogP contribution in [0.5, 0.6) is 0 Å². The summed E-state index contributed by atoms with van der Waals surface area (Å²) in [6.45, 7) is 12.4. The molecule has 0 aliphatic carbocycles. The third-order valence-electron chi connectivity index (χ3n) is 8.02. The normalized spacial score (nSPS) is 14.4. The summed E-state index contributed by atoms with van der Waals surface area (Å²) in [5.74, 6) is -0.0135. The van der Waals surface area contributed by atoms with E-state index in [9.17, 15) is 14.0 Å². The molecule has 1 saturated heterocycles. The Hall–Kier alpha value is -4.46. The van der Waals surface area contributed by atoms with Crippen molar-refractivity contribution in [3.63, 3.8) is 0 Å². The van der Waals surface area contributed by atoms with Crippen LogP contribution < -0.4 is 4.90 Å². The van der Waals surface area contributed by atoms with Crippen molar-refractivity contribution in [1.29, 1.82) is 0 Å². The first kappa shape index (κ1) is 35.4.